The summed E-state index contributed by atoms with van der Waals surface area (Å²) in [5.41, 5.74) is 4.13. The van der Waals surface area contributed by atoms with Gasteiger partial charge in [0.1, 0.15) is 0 Å². The number of hydrogen-bond donors (Lipinski definition) is 1. The molecule has 0 fully saturated rings. The van der Waals surface area contributed by atoms with Crippen molar-refractivity contribution >= 4 is 48.9 Å². The van der Waals surface area contributed by atoms with E-state index in [4.69, 9.17) is 0 Å². The molecular formula is C16H17Br2NS. The molecule has 1 unspecified atom stereocenters. The fraction of sp³-hybridized carbons (Fsp3) is 0.375. The van der Waals surface area contributed by atoms with Crippen molar-refractivity contribution in [3.05, 3.63) is 48.5 Å². The van der Waals surface area contributed by atoms with Crippen LogP contribution in [0.2, 0.25) is 0 Å². The molecule has 1 heterocycles. The average molecular weight is 415 g/mol. The molecule has 0 amide bonds. The lowest BCUT2D eigenvalue weighted by Gasteiger charge is -2.26. The zero-order valence-corrected chi connectivity index (χ0v) is 15.4. The largest absolute Gasteiger partial charge is 0.378 e. The van der Waals surface area contributed by atoms with Crippen LogP contribution < -0.4 is 5.32 Å². The van der Waals surface area contributed by atoms with Crippen LogP contribution in [0.25, 0.3) is 0 Å². The third-order valence-corrected chi connectivity index (χ3v) is 6.07. The van der Waals surface area contributed by atoms with Crippen LogP contribution in [0.15, 0.2) is 32.5 Å². The molecule has 1 aliphatic carbocycles. The Morgan fingerprint density at radius 3 is 2.95 bits per heavy atom. The van der Waals surface area contributed by atoms with E-state index in [1.54, 1.807) is 0 Å². The standard InChI is InChI=1S/C16H17Br2NS/c1-2-10-8-11(17)6-7-13(10)19-14-4-3-5-15-12(14)9-16(18)20-15/h6-9,14,19H,2-5H2,1H3. The smallest absolute Gasteiger partial charge is 0.0705 e. The number of anilines is 1. The van der Waals surface area contributed by atoms with Crippen molar-refractivity contribution in [2.75, 3.05) is 5.32 Å². The summed E-state index contributed by atoms with van der Waals surface area (Å²) >= 11 is 9.07. The van der Waals surface area contributed by atoms with Gasteiger partial charge < -0.3 is 5.32 Å². The van der Waals surface area contributed by atoms with Crippen molar-refractivity contribution in [1.82, 2.24) is 0 Å². The molecule has 1 aromatic carbocycles. The summed E-state index contributed by atoms with van der Waals surface area (Å²) in [6.07, 6.45) is 4.77. The summed E-state index contributed by atoms with van der Waals surface area (Å²) in [5, 5.41) is 3.76. The minimum absolute atomic E-state index is 0.452. The third kappa shape index (κ3) is 2.97. The van der Waals surface area contributed by atoms with Crippen molar-refractivity contribution in [3.8, 4) is 0 Å². The van der Waals surface area contributed by atoms with Crippen LogP contribution in [0, 0.1) is 0 Å². The van der Waals surface area contributed by atoms with E-state index in [0.29, 0.717) is 6.04 Å². The van der Waals surface area contributed by atoms with Crippen LogP contribution in [0.4, 0.5) is 5.69 Å². The van der Waals surface area contributed by atoms with E-state index < -0.39 is 0 Å². The van der Waals surface area contributed by atoms with Crippen molar-refractivity contribution < 1.29 is 0 Å². The summed E-state index contributed by atoms with van der Waals surface area (Å²) in [6, 6.07) is 9.28. The van der Waals surface area contributed by atoms with E-state index in [1.165, 1.54) is 44.7 Å². The van der Waals surface area contributed by atoms with Crippen LogP contribution in [0.3, 0.4) is 0 Å². The molecule has 0 bridgehead atoms. The monoisotopic (exact) mass is 413 g/mol. The predicted molar refractivity (Wildman–Crippen MR) is 94.8 cm³/mol. The van der Waals surface area contributed by atoms with E-state index in [1.807, 2.05) is 11.3 Å². The number of benzene rings is 1. The second kappa shape index (κ2) is 6.20. The molecule has 0 saturated carbocycles. The molecule has 3 rings (SSSR count). The van der Waals surface area contributed by atoms with Crippen LogP contribution >= 0.6 is 43.2 Å². The highest BCUT2D eigenvalue weighted by molar-refractivity contribution is 9.11. The second-order valence-corrected chi connectivity index (χ2v) is 8.60. The van der Waals surface area contributed by atoms with E-state index in [-0.39, 0.29) is 0 Å². The molecule has 20 heavy (non-hydrogen) atoms. The number of rotatable bonds is 3. The Morgan fingerprint density at radius 1 is 1.30 bits per heavy atom. The zero-order valence-electron chi connectivity index (χ0n) is 11.4. The minimum Gasteiger partial charge on any atom is -0.378 e. The van der Waals surface area contributed by atoms with Crippen molar-refractivity contribution in [3.63, 3.8) is 0 Å². The first-order chi connectivity index (χ1) is 9.67. The molecule has 0 radical (unpaired) electrons. The highest BCUT2D eigenvalue weighted by atomic mass is 79.9. The van der Waals surface area contributed by atoms with E-state index >= 15 is 0 Å². The Bertz CT molecular complexity index is 621. The van der Waals surface area contributed by atoms with E-state index in [9.17, 15) is 0 Å². The molecule has 2 aromatic rings. The van der Waals surface area contributed by atoms with Crippen LogP contribution in [-0.4, -0.2) is 0 Å². The van der Waals surface area contributed by atoms with Gasteiger partial charge in [0.15, 0.2) is 0 Å². The number of aryl methyl sites for hydroxylation is 2. The first-order valence-electron chi connectivity index (χ1n) is 7.00. The molecule has 1 atom stereocenters. The molecule has 1 nitrogen and oxygen atoms in total. The average Bonchev–Trinajstić information content (AvgIpc) is 2.82. The van der Waals surface area contributed by atoms with Crippen molar-refractivity contribution in [2.24, 2.45) is 0 Å². The van der Waals surface area contributed by atoms with Gasteiger partial charge in [0.05, 0.1) is 9.83 Å². The number of thiophene rings is 1. The van der Waals surface area contributed by atoms with Crippen LogP contribution in [-0.2, 0) is 12.8 Å². The quantitative estimate of drug-likeness (QED) is 0.618. The zero-order chi connectivity index (χ0) is 14.1. The first kappa shape index (κ1) is 14.6. The third-order valence-electron chi connectivity index (χ3n) is 3.86. The summed E-state index contributed by atoms with van der Waals surface area (Å²) in [5.74, 6) is 0. The molecule has 0 saturated heterocycles. The maximum atomic E-state index is 3.76. The molecular weight excluding hydrogens is 398 g/mol. The van der Waals surface area contributed by atoms with Gasteiger partial charge >= 0.3 is 0 Å². The predicted octanol–water partition coefficient (Wildman–Crippen LogP) is 6.33. The van der Waals surface area contributed by atoms with Crippen LogP contribution in [0.5, 0.6) is 0 Å². The fourth-order valence-corrected chi connectivity index (χ4v) is 5.08. The Morgan fingerprint density at radius 2 is 2.15 bits per heavy atom. The number of fused-ring (bicyclic) bond motifs is 1. The van der Waals surface area contributed by atoms with Gasteiger partial charge in [-0.3, -0.25) is 0 Å². The molecule has 1 aromatic heterocycles. The van der Waals surface area contributed by atoms with Crippen molar-refractivity contribution in [2.45, 2.75) is 38.6 Å². The highest BCUT2D eigenvalue weighted by Gasteiger charge is 2.23. The summed E-state index contributed by atoms with van der Waals surface area (Å²) < 4.78 is 2.41. The maximum Gasteiger partial charge on any atom is 0.0705 e. The lowest BCUT2D eigenvalue weighted by Crippen LogP contribution is -2.16. The molecule has 106 valence electrons. The normalized spacial score (nSPS) is 17.9. The molecule has 0 spiro atoms. The van der Waals surface area contributed by atoms with Gasteiger partial charge in [-0.25, -0.2) is 0 Å². The summed E-state index contributed by atoms with van der Waals surface area (Å²) in [4.78, 5) is 1.54. The Balaban J connectivity index is 1.89. The van der Waals surface area contributed by atoms with Gasteiger partial charge in [-0.2, -0.15) is 0 Å². The first-order valence-corrected chi connectivity index (χ1v) is 9.40. The summed E-state index contributed by atoms with van der Waals surface area (Å²) in [7, 11) is 0. The van der Waals surface area contributed by atoms with Gasteiger partial charge in [0, 0.05) is 15.0 Å². The lowest BCUT2D eigenvalue weighted by molar-refractivity contribution is 0.608. The Hall–Kier alpha value is -0.320. The van der Waals surface area contributed by atoms with Gasteiger partial charge in [-0.15, -0.1) is 11.3 Å². The second-order valence-electron chi connectivity index (χ2n) is 5.17. The molecule has 1 aliphatic rings. The lowest BCUT2D eigenvalue weighted by atomic mass is 9.93. The number of halogens is 2. The molecule has 0 aliphatic heterocycles. The minimum atomic E-state index is 0.452. The topological polar surface area (TPSA) is 12.0 Å². The summed E-state index contributed by atoms with van der Waals surface area (Å²) in [6.45, 7) is 2.21. The number of hydrogen-bond acceptors (Lipinski definition) is 2. The van der Waals surface area contributed by atoms with Gasteiger partial charge in [-0.05, 0) is 77.0 Å². The van der Waals surface area contributed by atoms with Gasteiger partial charge in [0.2, 0.25) is 0 Å². The number of nitrogens with one attached hydrogen (secondary N) is 1. The Labute approximate surface area is 141 Å². The highest BCUT2D eigenvalue weighted by Crippen LogP contribution is 2.40. The van der Waals surface area contributed by atoms with E-state index in [2.05, 4.69) is 68.4 Å². The molecule has 4 heteroatoms. The van der Waals surface area contributed by atoms with Crippen molar-refractivity contribution in [1.29, 1.82) is 0 Å². The SMILES string of the molecule is CCc1cc(Br)ccc1NC1CCCc2sc(Br)cc21. The maximum absolute atomic E-state index is 3.76. The fourth-order valence-electron chi connectivity index (χ4n) is 2.85. The van der Waals surface area contributed by atoms with Gasteiger partial charge in [-0.1, -0.05) is 22.9 Å². The molecule has 1 N–H and O–H groups in total. The van der Waals surface area contributed by atoms with E-state index in [0.717, 1.165) is 10.9 Å². The Kier molecular flexibility index (Phi) is 4.53. The van der Waals surface area contributed by atoms with Crippen LogP contribution in [0.1, 0.15) is 41.8 Å². The van der Waals surface area contributed by atoms with Gasteiger partial charge in [0.25, 0.3) is 0 Å².